The predicted molar refractivity (Wildman–Crippen MR) is 143 cm³/mol. The molecule has 0 unspecified atom stereocenters. The van der Waals surface area contributed by atoms with Gasteiger partial charge in [0, 0.05) is 47.9 Å². The van der Waals surface area contributed by atoms with E-state index in [1.54, 1.807) is 12.4 Å². The zero-order valence-electron chi connectivity index (χ0n) is 23.0. The second kappa shape index (κ2) is 10.2. The smallest absolute Gasteiger partial charge is 0.308 e. The van der Waals surface area contributed by atoms with Crippen molar-refractivity contribution in [1.29, 1.82) is 0 Å². The molecule has 1 atom stereocenters. The number of carbonyl (C=O) groups excluding carboxylic acids is 1. The summed E-state index contributed by atoms with van der Waals surface area (Å²) in [6, 6.07) is 10.2. The highest BCUT2D eigenvalue weighted by atomic mass is 16.5. The molecular weight excluding hydrogens is 480 g/mol. The number of ether oxygens (including phenoxy) is 1. The molecule has 0 spiro atoms. The standard InChI is InChI=1S/C30H38N4O4/c1-19(2)20-10-12-24(13-11-20)30(36,29(3)17-34(4)18-29)25-14-23(15-31-16-25)26-32-27(38-33-26)21-6-8-22(9-7-21)28(35)37-5/h10-16,19,21-22,36H,6-9,17-18H2,1-5H3/t21-,22-,30-/m0/s1. The van der Waals surface area contributed by atoms with Crippen LogP contribution in [0.3, 0.4) is 0 Å². The van der Waals surface area contributed by atoms with E-state index in [0.717, 1.165) is 44.3 Å². The average Bonchev–Trinajstić information content (AvgIpc) is 3.42. The highest BCUT2D eigenvalue weighted by Gasteiger charge is 2.55. The van der Waals surface area contributed by atoms with Crippen LogP contribution in [0.5, 0.6) is 0 Å². The summed E-state index contributed by atoms with van der Waals surface area (Å²) < 4.78 is 10.6. The van der Waals surface area contributed by atoms with Crippen LogP contribution in [0.15, 0.2) is 47.2 Å². The van der Waals surface area contributed by atoms with Gasteiger partial charge in [0.15, 0.2) is 0 Å². The number of hydrogen-bond donors (Lipinski definition) is 1. The first-order valence-electron chi connectivity index (χ1n) is 13.5. The Labute approximate surface area is 224 Å². The average molecular weight is 519 g/mol. The van der Waals surface area contributed by atoms with Crippen molar-refractivity contribution in [2.45, 2.75) is 63.9 Å². The van der Waals surface area contributed by atoms with E-state index in [1.807, 2.05) is 18.2 Å². The molecule has 0 bridgehead atoms. The van der Waals surface area contributed by atoms with Gasteiger partial charge >= 0.3 is 5.97 Å². The molecule has 0 amide bonds. The van der Waals surface area contributed by atoms with E-state index < -0.39 is 5.60 Å². The Hall–Kier alpha value is -3.10. The summed E-state index contributed by atoms with van der Waals surface area (Å²) in [4.78, 5) is 23.3. The third-order valence-electron chi connectivity index (χ3n) is 8.57. The number of aliphatic hydroxyl groups is 1. The van der Waals surface area contributed by atoms with Crippen molar-refractivity contribution >= 4 is 5.97 Å². The Morgan fingerprint density at radius 3 is 2.42 bits per heavy atom. The summed E-state index contributed by atoms with van der Waals surface area (Å²) in [6.45, 7) is 8.00. The number of aromatic nitrogens is 3. The molecule has 3 aromatic rings. The van der Waals surface area contributed by atoms with E-state index >= 15 is 0 Å². The van der Waals surface area contributed by atoms with E-state index in [4.69, 9.17) is 14.2 Å². The zero-order chi connectivity index (χ0) is 27.1. The fourth-order valence-corrected chi connectivity index (χ4v) is 6.37. The van der Waals surface area contributed by atoms with Gasteiger partial charge in [0.25, 0.3) is 0 Å². The Balaban J connectivity index is 1.44. The molecular formula is C30H38N4O4. The second-order valence-corrected chi connectivity index (χ2v) is 11.7. The number of esters is 1. The van der Waals surface area contributed by atoms with Crippen molar-refractivity contribution in [2.75, 3.05) is 27.2 Å². The first-order chi connectivity index (χ1) is 18.1. The molecule has 1 aliphatic carbocycles. The van der Waals surface area contributed by atoms with Gasteiger partial charge in [0.2, 0.25) is 11.7 Å². The lowest BCUT2D eigenvalue weighted by Gasteiger charge is -2.55. The van der Waals surface area contributed by atoms with Gasteiger partial charge in [-0.25, -0.2) is 0 Å². The molecule has 1 N–H and O–H groups in total. The quantitative estimate of drug-likeness (QED) is 0.441. The number of methoxy groups -OCH3 is 1. The van der Waals surface area contributed by atoms with Crippen LogP contribution in [0.4, 0.5) is 0 Å². The van der Waals surface area contributed by atoms with Gasteiger partial charge < -0.3 is 19.3 Å². The molecule has 38 heavy (non-hydrogen) atoms. The molecule has 5 rings (SSSR count). The lowest BCUT2D eigenvalue weighted by molar-refractivity contribution is -0.146. The van der Waals surface area contributed by atoms with Crippen LogP contribution < -0.4 is 0 Å². The first-order valence-corrected chi connectivity index (χ1v) is 13.5. The van der Waals surface area contributed by atoms with E-state index in [-0.39, 0.29) is 23.2 Å². The monoisotopic (exact) mass is 518 g/mol. The number of rotatable bonds is 7. The molecule has 2 aliphatic rings. The number of carbonyl (C=O) groups is 1. The topological polar surface area (TPSA) is 102 Å². The highest BCUT2D eigenvalue weighted by Crippen LogP contribution is 2.50. The normalized spacial score (nSPS) is 23.0. The van der Waals surface area contributed by atoms with Crippen molar-refractivity contribution in [3.63, 3.8) is 0 Å². The van der Waals surface area contributed by atoms with E-state index in [2.05, 4.69) is 55.0 Å². The Kier molecular flexibility index (Phi) is 7.13. The molecule has 202 valence electrons. The van der Waals surface area contributed by atoms with Crippen molar-refractivity contribution < 1.29 is 19.2 Å². The van der Waals surface area contributed by atoms with E-state index in [0.29, 0.717) is 28.8 Å². The Bertz CT molecular complexity index is 1270. The summed E-state index contributed by atoms with van der Waals surface area (Å²) in [5.74, 6) is 1.37. The fraction of sp³-hybridized carbons (Fsp3) is 0.533. The molecule has 0 radical (unpaired) electrons. The van der Waals surface area contributed by atoms with Crippen molar-refractivity contribution in [3.8, 4) is 11.4 Å². The zero-order valence-corrected chi connectivity index (χ0v) is 23.0. The minimum absolute atomic E-state index is 0.0567. The SMILES string of the molecule is COC(=O)[C@H]1CC[C@H](c2nc(-c3cncc([C@@](O)(c4ccc(C(C)C)cc4)C4(C)CN(C)C4)c3)no2)CC1. The molecule has 1 aromatic carbocycles. The van der Waals surface area contributed by atoms with Gasteiger partial charge in [-0.3, -0.25) is 9.78 Å². The molecule has 1 saturated heterocycles. The summed E-state index contributed by atoms with van der Waals surface area (Å²) >= 11 is 0. The van der Waals surface area contributed by atoms with Crippen LogP contribution in [-0.4, -0.2) is 58.3 Å². The minimum atomic E-state index is -1.24. The number of benzene rings is 1. The number of hydrogen-bond acceptors (Lipinski definition) is 8. The molecule has 2 fully saturated rings. The predicted octanol–water partition coefficient (Wildman–Crippen LogP) is 4.89. The van der Waals surface area contributed by atoms with Gasteiger partial charge in [-0.15, -0.1) is 0 Å². The lowest BCUT2D eigenvalue weighted by Crippen LogP contribution is -2.63. The van der Waals surface area contributed by atoms with Gasteiger partial charge in [-0.1, -0.05) is 50.2 Å². The third-order valence-corrected chi connectivity index (χ3v) is 8.57. The van der Waals surface area contributed by atoms with Crippen LogP contribution in [0.1, 0.15) is 80.9 Å². The number of likely N-dealkylation sites (tertiary alicyclic amines) is 1. The number of pyridine rings is 1. The van der Waals surface area contributed by atoms with Crippen molar-refractivity contribution in [2.24, 2.45) is 11.3 Å². The van der Waals surface area contributed by atoms with Gasteiger partial charge in [-0.2, -0.15) is 4.98 Å². The van der Waals surface area contributed by atoms with Crippen molar-refractivity contribution in [1.82, 2.24) is 20.0 Å². The molecule has 1 saturated carbocycles. The number of nitrogens with zero attached hydrogens (tertiary/aromatic N) is 4. The summed E-state index contributed by atoms with van der Waals surface area (Å²) in [5, 5.41) is 16.7. The van der Waals surface area contributed by atoms with Crippen LogP contribution in [0, 0.1) is 11.3 Å². The lowest BCUT2D eigenvalue weighted by atomic mass is 9.62. The van der Waals surface area contributed by atoms with Crippen molar-refractivity contribution in [3.05, 3.63) is 65.3 Å². The maximum atomic E-state index is 12.5. The van der Waals surface area contributed by atoms with Crippen LogP contribution in [0.25, 0.3) is 11.4 Å². The summed E-state index contributed by atoms with van der Waals surface area (Å²) in [7, 11) is 3.50. The van der Waals surface area contributed by atoms with Crippen LogP contribution in [-0.2, 0) is 15.1 Å². The fourth-order valence-electron chi connectivity index (χ4n) is 6.37. The highest BCUT2D eigenvalue weighted by molar-refractivity contribution is 5.72. The van der Waals surface area contributed by atoms with Crippen LogP contribution >= 0.6 is 0 Å². The maximum Gasteiger partial charge on any atom is 0.308 e. The Morgan fingerprint density at radius 2 is 1.82 bits per heavy atom. The first kappa shape index (κ1) is 26.5. The van der Waals surface area contributed by atoms with E-state index in [9.17, 15) is 9.90 Å². The van der Waals surface area contributed by atoms with Gasteiger partial charge in [-0.05, 0) is 55.8 Å². The summed E-state index contributed by atoms with van der Waals surface area (Å²) in [6.07, 6.45) is 6.57. The largest absolute Gasteiger partial charge is 0.469 e. The molecule has 1 aliphatic heterocycles. The maximum absolute atomic E-state index is 12.5. The minimum Gasteiger partial charge on any atom is -0.469 e. The molecule has 8 nitrogen and oxygen atoms in total. The summed E-state index contributed by atoms with van der Waals surface area (Å²) in [5.41, 5.74) is 1.88. The van der Waals surface area contributed by atoms with E-state index in [1.165, 1.54) is 12.7 Å². The Morgan fingerprint density at radius 1 is 1.13 bits per heavy atom. The third kappa shape index (κ3) is 4.64. The second-order valence-electron chi connectivity index (χ2n) is 11.7. The van der Waals surface area contributed by atoms with Gasteiger partial charge in [0.05, 0.1) is 13.0 Å². The van der Waals surface area contributed by atoms with Crippen LogP contribution in [0.2, 0.25) is 0 Å². The molecule has 8 heteroatoms. The molecule has 3 heterocycles. The molecule has 2 aromatic heterocycles. The van der Waals surface area contributed by atoms with Gasteiger partial charge in [0.1, 0.15) is 5.60 Å².